The first-order valence-corrected chi connectivity index (χ1v) is 15.2. The van der Waals surface area contributed by atoms with E-state index in [1.807, 2.05) is 0 Å². The van der Waals surface area contributed by atoms with Gasteiger partial charge in [0.2, 0.25) is 5.78 Å². The van der Waals surface area contributed by atoms with Crippen LogP contribution in [0.5, 0.6) is 0 Å². The van der Waals surface area contributed by atoms with Crippen LogP contribution in [0.1, 0.15) is 19.3 Å². The molecule has 46 heavy (non-hydrogen) atoms. The standard InChI is InChI=1S/C29H52O17/c1-35-27(31)4-5-36-6-7-37-8-9-38-10-11-39-12-13-40-14-15-41-16-17-42-18-19-43-20-21-44-22-23-45-24-25-46-28(32)3-2-26(30)29(33)34/h2-25H2,1H3,(H,33,34). The zero-order chi connectivity index (χ0) is 33.8. The molecule has 0 spiro atoms. The van der Waals surface area contributed by atoms with Gasteiger partial charge in [-0.1, -0.05) is 0 Å². The van der Waals surface area contributed by atoms with Gasteiger partial charge in [-0.2, -0.15) is 0 Å². The minimum absolute atomic E-state index is 0.00976. The Morgan fingerprint density at radius 2 is 0.652 bits per heavy atom. The summed E-state index contributed by atoms with van der Waals surface area (Å²) in [6, 6.07) is 0. The van der Waals surface area contributed by atoms with E-state index in [2.05, 4.69) is 4.74 Å². The van der Waals surface area contributed by atoms with Crippen LogP contribution in [0.25, 0.3) is 0 Å². The van der Waals surface area contributed by atoms with Crippen molar-refractivity contribution in [2.45, 2.75) is 19.3 Å². The third-order valence-electron chi connectivity index (χ3n) is 5.31. The van der Waals surface area contributed by atoms with E-state index >= 15 is 0 Å². The van der Waals surface area contributed by atoms with Gasteiger partial charge in [-0.15, -0.1) is 0 Å². The molecule has 0 unspecified atom stereocenters. The Kier molecular flexibility index (Phi) is 33.7. The molecule has 0 amide bonds. The number of aliphatic carboxylic acids is 1. The minimum Gasteiger partial charge on any atom is -0.476 e. The van der Waals surface area contributed by atoms with Crippen LogP contribution in [0.4, 0.5) is 0 Å². The molecule has 0 radical (unpaired) electrons. The summed E-state index contributed by atoms with van der Waals surface area (Å²) in [5, 5.41) is 8.43. The van der Waals surface area contributed by atoms with Crippen LogP contribution in [0.3, 0.4) is 0 Å². The van der Waals surface area contributed by atoms with Gasteiger partial charge in [0.05, 0.1) is 152 Å². The first-order valence-electron chi connectivity index (χ1n) is 15.2. The van der Waals surface area contributed by atoms with Crippen molar-refractivity contribution < 1.29 is 81.1 Å². The molecule has 0 aliphatic carbocycles. The van der Waals surface area contributed by atoms with Gasteiger partial charge in [0.25, 0.3) is 0 Å². The number of carboxylic acids is 1. The van der Waals surface area contributed by atoms with Crippen molar-refractivity contribution in [3.8, 4) is 0 Å². The number of rotatable bonds is 37. The number of hydrogen-bond acceptors (Lipinski definition) is 16. The molecular weight excluding hydrogens is 620 g/mol. The molecule has 0 saturated heterocycles. The Hall–Kier alpha value is -2.32. The van der Waals surface area contributed by atoms with Crippen molar-refractivity contribution >= 4 is 23.7 Å². The third kappa shape index (κ3) is 34.6. The first kappa shape index (κ1) is 43.7. The Morgan fingerprint density at radius 3 is 0.935 bits per heavy atom. The summed E-state index contributed by atoms with van der Waals surface area (Å²) in [7, 11) is 1.34. The fraction of sp³-hybridized carbons (Fsp3) is 0.862. The maximum atomic E-state index is 11.4. The van der Waals surface area contributed by atoms with Crippen molar-refractivity contribution in [1.29, 1.82) is 0 Å². The molecule has 0 rings (SSSR count). The average molecular weight is 673 g/mol. The molecule has 0 aliphatic heterocycles. The molecule has 0 aromatic heterocycles. The Balaban J connectivity index is 3.13. The third-order valence-corrected chi connectivity index (χ3v) is 5.31. The fourth-order valence-electron chi connectivity index (χ4n) is 2.95. The molecule has 0 saturated carbocycles. The predicted molar refractivity (Wildman–Crippen MR) is 158 cm³/mol. The summed E-state index contributed by atoms with van der Waals surface area (Å²) in [4.78, 5) is 43.5. The van der Waals surface area contributed by atoms with Gasteiger partial charge >= 0.3 is 17.9 Å². The van der Waals surface area contributed by atoms with E-state index in [-0.39, 0.29) is 38.4 Å². The average Bonchev–Trinajstić information content (AvgIpc) is 3.05. The zero-order valence-electron chi connectivity index (χ0n) is 26.9. The summed E-state index contributed by atoms with van der Waals surface area (Å²) in [6.07, 6.45) is -0.434. The van der Waals surface area contributed by atoms with Gasteiger partial charge in [0, 0.05) is 6.42 Å². The monoisotopic (exact) mass is 672 g/mol. The maximum Gasteiger partial charge on any atom is 0.372 e. The van der Waals surface area contributed by atoms with Gasteiger partial charge in [0.1, 0.15) is 6.61 Å². The Labute approximate surface area is 270 Å². The molecule has 0 aromatic rings. The molecule has 17 nitrogen and oxygen atoms in total. The summed E-state index contributed by atoms with van der Waals surface area (Å²) in [5.74, 6) is -3.55. The highest BCUT2D eigenvalue weighted by Gasteiger charge is 2.14. The maximum absolute atomic E-state index is 11.4. The Bertz CT molecular complexity index is 737. The fourth-order valence-corrected chi connectivity index (χ4v) is 2.95. The number of carboxylic acid groups (broad SMARTS) is 1. The van der Waals surface area contributed by atoms with Crippen molar-refractivity contribution in [2.75, 3.05) is 146 Å². The van der Waals surface area contributed by atoms with Gasteiger partial charge in [-0.25, -0.2) is 4.79 Å². The lowest BCUT2D eigenvalue weighted by Gasteiger charge is -2.09. The van der Waals surface area contributed by atoms with E-state index in [4.69, 9.17) is 57.2 Å². The number of ketones is 1. The number of hydrogen-bond donors (Lipinski definition) is 1. The Morgan fingerprint density at radius 1 is 0.370 bits per heavy atom. The van der Waals surface area contributed by atoms with Gasteiger partial charge in [-0.3, -0.25) is 14.4 Å². The number of esters is 2. The number of methoxy groups -OCH3 is 1. The lowest BCUT2D eigenvalue weighted by Crippen LogP contribution is -2.17. The number of ether oxygens (including phenoxy) is 12. The lowest BCUT2D eigenvalue weighted by molar-refractivity contribution is -0.151. The van der Waals surface area contributed by atoms with Crippen LogP contribution >= 0.6 is 0 Å². The first-order chi connectivity index (χ1) is 22.5. The molecule has 270 valence electrons. The van der Waals surface area contributed by atoms with Crippen LogP contribution in [0, 0.1) is 0 Å². The molecule has 0 aromatic carbocycles. The largest absolute Gasteiger partial charge is 0.476 e. The second kappa shape index (κ2) is 35.5. The number of Topliss-reactive ketones (excluding diaryl/α,β-unsaturated/α-hetero) is 1. The van der Waals surface area contributed by atoms with Crippen molar-refractivity contribution in [1.82, 2.24) is 0 Å². The van der Waals surface area contributed by atoms with Crippen LogP contribution in [-0.4, -0.2) is 175 Å². The van der Waals surface area contributed by atoms with Crippen molar-refractivity contribution in [3.05, 3.63) is 0 Å². The minimum atomic E-state index is -1.57. The van der Waals surface area contributed by atoms with Crippen LogP contribution < -0.4 is 0 Å². The highest BCUT2D eigenvalue weighted by atomic mass is 16.6. The highest BCUT2D eigenvalue weighted by Crippen LogP contribution is 1.95. The quantitative estimate of drug-likeness (QED) is 0.0512. The summed E-state index contributed by atoms with van der Waals surface area (Å²) >= 11 is 0. The van der Waals surface area contributed by atoms with E-state index in [0.717, 1.165) is 0 Å². The van der Waals surface area contributed by atoms with Crippen LogP contribution in [0.2, 0.25) is 0 Å². The molecular formula is C29H52O17. The van der Waals surface area contributed by atoms with E-state index < -0.39 is 17.7 Å². The van der Waals surface area contributed by atoms with E-state index in [9.17, 15) is 19.2 Å². The molecule has 0 heterocycles. The van der Waals surface area contributed by atoms with E-state index in [1.54, 1.807) is 0 Å². The molecule has 0 fully saturated rings. The molecule has 1 N–H and O–H groups in total. The molecule has 0 aliphatic rings. The highest BCUT2D eigenvalue weighted by molar-refractivity contribution is 6.32. The van der Waals surface area contributed by atoms with Gasteiger partial charge < -0.3 is 61.9 Å². The van der Waals surface area contributed by atoms with E-state index in [1.165, 1.54) is 7.11 Å². The smallest absolute Gasteiger partial charge is 0.372 e. The van der Waals surface area contributed by atoms with Gasteiger partial charge in [0.15, 0.2) is 0 Å². The number of carbonyl (C=O) groups excluding carboxylic acids is 3. The van der Waals surface area contributed by atoms with Crippen molar-refractivity contribution in [2.24, 2.45) is 0 Å². The molecule has 0 bridgehead atoms. The van der Waals surface area contributed by atoms with Crippen molar-refractivity contribution in [3.63, 3.8) is 0 Å². The second-order valence-corrected chi connectivity index (χ2v) is 8.90. The van der Waals surface area contributed by atoms with Crippen LogP contribution in [0.15, 0.2) is 0 Å². The van der Waals surface area contributed by atoms with Crippen LogP contribution in [-0.2, 0) is 76.0 Å². The second-order valence-electron chi connectivity index (χ2n) is 8.90. The normalized spacial score (nSPS) is 11.1. The SMILES string of the molecule is COC(=O)CCOCCOCCOCCOCCOCCOCCOCCOCCOCCOCCOC(=O)CCC(=O)C(=O)O. The molecule has 0 atom stereocenters. The molecule has 17 heteroatoms. The summed E-state index contributed by atoms with van der Waals surface area (Å²) in [5.41, 5.74) is 0. The number of carbonyl (C=O) groups is 4. The predicted octanol–water partition coefficient (Wildman–Crippen LogP) is -0.307. The lowest BCUT2D eigenvalue weighted by atomic mass is 10.2. The summed E-state index contributed by atoms with van der Waals surface area (Å²) < 4.78 is 63.1. The summed E-state index contributed by atoms with van der Waals surface area (Å²) in [6.45, 7) is 8.29. The zero-order valence-corrected chi connectivity index (χ0v) is 26.9. The van der Waals surface area contributed by atoms with E-state index in [0.29, 0.717) is 126 Å². The van der Waals surface area contributed by atoms with Gasteiger partial charge in [-0.05, 0) is 0 Å². The topological polar surface area (TPSA) is 199 Å².